The summed E-state index contributed by atoms with van der Waals surface area (Å²) >= 11 is 0. The highest BCUT2D eigenvalue weighted by molar-refractivity contribution is 5.97. The lowest BCUT2D eigenvalue weighted by Gasteiger charge is -2.32. The number of rotatable bonds is 5. The lowest BCUT2D eigenvalue weighted by atomic mass is 10.0. The number of pyridine rings is 1. The number of hydrogen-bond donors (Lipinski definition) is 0. The van der Waals surface area contributed by atoms with E-state index in [2.05, 4.69) is 57.9 Å². The minimum Gasteiger partial charge on any atom is -0.304 e. The van der Waals surface area contributed by atoms with E-state index in [9.17, 15) is 4.79 Å². The Hall–Kier alpha value is -3.26. The van der Waals surface area contributed by atoms with Gasteiger partial charge in [-0.15, -0.1) is 0 Å². The molecule has 3 aromatic rings. The van der Waals surface area contributed by atoms with Crippen molar-refractivity contribution in [1.29, 1.82) is 0 Å². The molecular formula is C33H45N3O. The predicted octanol–water partition coefficient (Wildman–Crippen LogP) is 6.73. The number of benzene rings is 2. The molecule has 4 heteroatoms. The molecule has 0 N–H and O–H groups in total. The summed E-state index contributed by atoms with van der Waals surface area (Å²) in [5.74, 6) is 6.32. The van der Waals surface area contributed by atoms with Crippen LogP contribution in [0.4, 0.5) is 0 Å². The zero-order valence-electron chi connectivity index (χ0n) is 23.9. The van der Waals surface area contributed by atoms with Crippen molar-refractivity contribution in [1.82, 2.24) is 14.8 Å². The van der Waals surface area contributed by atoms with Crippen LogP contribution in [0.25, 0.3) is 0 Å². The Labute approximate surface area is 225 Å². The van der Waals surface area contributed by atoms with Gasteiger partial charge in [-0.25, -0.2) is 0 Å². The van der Waals surface area contributed by atoms with Crippen molar-refractivity contribution in [3.05, 3.63) is 101 Å². The van der Waals surface area contributed by atoms with E-state index >= 15 is 0 Å². The monoisotopic (exact) mass is 499 g/mol. The van der Waals surface area contributed by atoms with E-state index in [1.54, 1.807) is 12.4 Å². The molecule has 0 radical (unpaired) electrons. The molecule has 1 aliphatic heterocycles. The van der Waals surface area contributed by atoms with Crippen LogP contribution in [-0.2, 0) is 13.0 Å². The quantitative estimate of drug-likeness (QED) is 0.288. The molecule has 0 bridgehead atoms. The molecule has 4 nitrogen and oxygen atoms in total. The third-order valence-electron chi connectivity index (χ3n) is 5.59. The van der Waals surface area contributed by atoms with Gasteiger partial charge in [-0.05, 0) is 42.4 Å². The van der Waals surface area contributed by atoms with Crippen LogP contribution in [0.5, 0.6) is 0 Å². The normalized spacial score (nSPS) is 12.7. The molecule has 0 spiro atoms. The van der Waals surface area contributed by atoms with E-state index < -0.39 is 0 Å². The van der Waals surface area contributed by atoms with E-state index in [1.165, 1.54) is 5.56 Å². The van der Waals surface area contributed by atoms with Crippen LogP contribution < -0.4 is 0 Å². The van der Waals surface area contributed by atoms with Gasteiger partial charge in [-0.1, -0.05) is 89.8 Å². The molecule has 4 rings (SSSR count). The van der Waals surface area contributed by atoms with E-state index in [4.69, 9.17) is 0 Å². The fourth-order valence-corrected chi connectivity index (χ4v) is 3.67. The molecule has 2 aromatic carbocycles. The van der Waals surface area contributed by atoms with Crippen molar-refractivity contribution < 1.29 is 4.79 Å². The standard InChI is InChI=1S/C27H27N3O.3C2H6/c1-29-14-16-30(17-15-29)21-25-11-8-23(9-12-25)19-27(31)26-6-2-4-22(18-26)7-10-24-5-3-13-28-20-24;3*1-2/h2-6,8-9,11-13,18,20H,14-17,19,21H2,1H3;3*1-2H3. The first-order valence-corrected chi connectivity index (χ1v) is 13.7. The van der Waals surface area contributed by atoms with Crippen molar-refractivity contribution >= 4 is 5.78 Å². The summed E-state index contributed by atoms with van der Waals surface area (Å²) in [5.41, 5.74) is 4.72. The van der Waals surface area contributed by atoms with Crippen molar-refractivity contribution in [2.75, 3.05) is 33.2 Å². The van der Waals surface area contributed by atoms with Crippen LogP contribution in [0, 0.1) is 11.8 Å². The minimum absolute atomic E-state index is 0.108. The highest BCUT2D eigenvalue weighted by Crippen LogP contribution is 2.13. The van der Waals surface area contributed by atoms with Gasteiger partial charge in [0.05, 0.1) is 0 Å². The molecule has 37 heavy (non-hydrogen) atoms. The lowest BCUT2D eigenvalue weighted by Crippen LogP contribution is -2.43. The second-order valence-corrected chi connectivity index (χ2v) is 8.07. The highest BCUT2D eigenvalue weighted by Gasteiger charge is 2.14. The molecule has 1 fully saturated rings. The van der Waals surface area contributed by atoms with Crippen LogP contribution in [-0.4, -0.2) is 53.8 Å². The van der Waals surface area contributed by atoms with Crippen molar-refractivity contribution in [3.63, 3.8) is 0 Å². The largest absolute Gasteiger partial charge is 0.304 e. The topological polar surface area (TPSA) is 36.4 Å². The summed E-state index contributed by atoms with van der Waals surface area (Å²) in [7, 11) is 2.17. The molecule has 0 aliphatic carbocycles. The minimum atomic E-state index is 0.108. The number of likely N-dealkylation sites (N-methyl/N-ethyl adjacent to an activating group) is 1. The van der Waals surface area contributed by atoms with Crippen molar-refractivity contribution in [3.8, 4) is 11.8 Å². The van der Waals surface area contributed by atoms with Gasteiger partial charge >= 0.3 is 0 Å². The molecule has 198 valence electrons. The fourth-order valence-electron chi connectivity index (χ4n) is 3.67. The average Bonchev–Trinajstić information content (AvgIpc) is 2.98. The Morgan fingerprint density at radius 3 is 2.00 bits per heavy atom. The van der Waals surface area contributed by atoms with Gasteiger partial charge in [0, 0.05) is 68.2 Å². The third kappa shape index (κ3) is 11.6. The molecule has 0 atom stereocenters. The van der Waals surface area contributed by atoms with Gasteiger partial charge in [0.15, 0.2) is 5.78 Å². The summed E-state index contributed by atoms with van der Waals surface area (Å²) < 4.78 is 0. The van der Waals surface area contributed by atoms with Gasteiger partial charge in [-0.2, -0.15) is 0 Å². The number of Topliss-reactive ketones (excluding diaryl/α,β-unsaturated/α-hetero) is 1. The smallest absolute Gasteiger partial charge is 0.167 e. The Bertz CT molecular complexity index is 1070. The highest BCUT2D eigenvalue weighted by atomic mass is 16.1. The molecular weight excluding hydrogens is 454 g/mol. The zero-order valence-corrected chi connectivity index (χ0v) is 23.9. The summed E-state index contributed by atoms with van der Waals surface area (Å²) in [4.78, 5) is 21.7. The fraction of sp³-hybridized carbons (Fsp3) is 0.394. The summed E-state index contributed by atoms with van der Waals surface area (Å²) in [5, 5.41) is 0. The number of aromatic nitrogens is 1. The molecule has 1 saturated heterocycles. The van der Waals surface area contributed by atoms with Gasteiger partial charge in [0.2, 0.25) is 0 Å². The van der Waals surface area contributed by atoms with E-state index in [-0.39, 0.29) is 5.78 Å². The number of piperazine rings is 1. The molecule has 0 unspecified atom stereocenters. The molecule has 1 aromatic heterocycles. The average molecular weight is 500 g/mol. The molecule has 0 saturated carbocycles. The van der Waals surface area contributed by atoms with Crippen molar-refractivity contribution in [2.24, 2.45) is 0 Å². The number of ketones is 1. The van der Waals surface area contributed by atoms with Crippen LogP contribution in [0.1, 0.15) is 74.2 Å². The van der Waals surface area contributed by atoms with E-state index in [0.29, 0.717) is 12.0 Å². The first kappa shape index (κ1) is 31.8. The number of carbonyl (C=O) groups excluding carboxylic acids is 1. The predicted molar refractivity (Wildman–Crippen MR) is 158 cm³/mol. The first-order valence-electron chi connectivity index (χ1n) is 13.7. The van der Waals surface area contributed by atoms with Crippen LogP contribution in [0.15, 0.2) is 73.1 Å². The Balaban J connectivity index is 0.00000106. The van der Waals surface area contributed by atoms with E-state index in [1.807, 2.05) is 77.9 Å². The van der Waals surface area contributed by atoms with Crippen LogP contribution in [0.2, 0.25) is 0 Å². The van der Waals surface area contributed by atoms with Gasteiger partial charge in [-0.3, -0.25) is 14.7 Å². The second-order valence-electron chi connectivity index (χ2n) is 8.07. The molecule has 1 aliphatic rings. The van der Waals surface area contributed by atoms with Gasteiger partial charge in [0.25, 0.3) is 0 Å². The van der Waals surface area contributed by atoms with Crippen LogP contribution in [0.3, 0.4) is 0 Å². The summed E-state index contributed by atoms with van der Waals surface area (Å²) in [6, 6.07) is 19.8. The summed E-state index contributed by atoms with van der Waals surface area (Å²) in [6.07, 6.45) is 3.85. The Morgan fingerprint density at radius 1 is 0.784 bits per heavy atom. The SMILES string of the molecule is CC.CC.CC.CN1CCN(Cc2ccc(CC(=O)c3cccc(C#Cc4cccnc4)c3)cc2)CC1. The van der Waals surface area contributed by atoms with Gasteiger partial charge < -0.3 is 4.90 Å². The number of carbonyl (C=O) groups is 1. The Kier molecular flexibility index (Phi) is 16.3. The zero-order chi connectivity index (χ0) is 27.5. The molecule has 2 heterocycles. The number of nitrogens with zero attached hydrogens (tertiary/aromatic N) is 3. The number of hydrogen-bond acceptors (Lipinski definition) is 4. The third-order valence-corrected chi connectivity index (χ3v) is 5.59. The summed E-state index contributed by atoms with van der Waals surface area (Å²) in [6.45, 7) is 17.4. The maximum atomic E-state index is 12.8. The second kappa shape index (κ2) is 18.9. The Morgan fingerprint density at radius 2 is 1.38 bits per heavy atom. The molecule has 0 amide bonds. The van der Waals surface area contributed by atoms with Crippen molar-refractivity contribution in [2.45, 2.75) is 54.5 Å². The lowest BCUT2D eigenvalue weighted by molar-refractivity contribution is 0.0993. The maximum absolute atomic E-state index is 12.8. The first-order chi connectivity index (χ1) is 18.2. The van der Waals surface area contributed by atoms with Gasteiger partial charge in [0.1, 0.15) is 0 Å². The van der Waals surface area contributed by atoms with Crippen LogP contribution >= 0.6 is 0 Å². The maximum Gasteiger partial charge on any atom is 0.167 e. The van der Waals surface area contributed by atoms with E-state index in [0.717, 1.165) is 49.4 Å².